The molecule has 2 unspecified atom stereocenters. The van der Waals surface area contributed by atoms with E-state index in [1.165, 1.54) is 25.0 Å². The number of rotatable bonds is 7. The summed E-state index contributed by atoms with van der Waals surface area (Å²) in [6.07, 6.45) is 6.59. The van der Waals surface area contributed by atoms with Crippen molar-refractivity contribution in [2.75, 3.05) is 18.1 Å². The summed E-state index contributed by atoms with van der Waals surface area (Å²) in [5.41, 5.74) is 5.99. The Labute approximate surface area is 128 Å². The lowest BCUT2D eigenvalue weighted by Gasteiger charge is -2.38. The Hall–Kier alpha value is 0.0700. The van der Waals surface area contributed by atoms with Gasteiger partial charge in [0.15, 0.2) is 0 Å². The summed E-state index contributed by atoms with van der Waals surface area (Å²) in [6, 6.07) is 0.369. The molecule has 1 fully saturated rings. The van der Waals surface area contributed by atoms with E-state index in [1.54, 1.807) is 0 Å². The van der Waals surface area contributed by atoms with Gasteiger partial charge in [-0.25, -0.2) is 0 Å². The number of amides is 1. The molecule has 0 aromatic rings. The molecule has 0 radical (unpaired) electrons. The Morgan fingerprint density at radius 1 is 1.42 bits per heavy atom. The number of hydrogen-bond acceptors (Lipinski definition) is 3. The van der Waals surface area contributed by atoms with E-state index < -0.39 is 0 Å². The van der Waals surface area contributed by atoms with Crippen LogP contribution in [0.1, 0.15) is 52.4 Å². The lowest BCUT2D eigenvalue weighted by Crippen LogP contribution is -2.51. The Balaban J connectivity index is 0.00000324. The molecule has 0 spiro atoms. The van der Waals surface area contributed by atoms with Gasteiger partial charge in [-0.15, -0.1) is 12.4 Å². The fourth-order valence-corrected chi connectivity index (χ4v) is 3.48. The molecular weight excluding hydrogens is 280 g/mol. The first-order chi connectivity index (χ1) is 8.66. The lowest BCUT2D eigenvalue weighted by molar-refractivity contribution is -0.134. The van der Waals surface area contributed by atoms with Crippen LogP contribution in [0.4, 0.5) is 0 Å². The predicted octanol–water partition coefficient (Wildman–Crippen LogP) is 3.06. The maximum Gasteiger partial charge on any atom is 0.223 e. The molecule has 114 valence electrons. The maximum absolute atomic E-state index is 12.2. The number of carbonyl (C=O) groups is 1. The molecule has 5 heteroatoms. The summed E-state index contributed by atoms with van der Waals surface area (Å²) in [5, 5.41) is 0. The van der Waals surface area contributed by atoms with Crippen LogP contribution in [0.5, 0.6) is 0 Å². The topological polar surface area (TPSA) is 46.3 Å². The number of piperidine rings is 1. The molecule has 2 atom stereocenters. The summed E-state index contributed by atoms with van der Waals surface area (Å²) < 4.78 is 0. The monoisotopic (exact) mass is 308 g/mol. The number of thioether (sulfide) groups is 1. The van der Waals surface area contributed by atoms with Crippen molar-refractivity contribution in [2.24, 2.45) is 5.73 Å². The molecule has 3 nitrogen and oxygen atoms in total. The molecule has 0 bridgehead atoms. The van der Waals surface area contributed by atoms with Gasteiger partial charge in [-0.1, -0.05) is 13.3 Å². The van der Waals surface area contributed by atoms with Gasteiger partial charge in [-0.3, -0.25) is 4.79 Å². The average molecular weight is 309 g/mol. The van der Waals surface area contributed by atoms with E-state index in [1.807, 2.05) is 23.6 Å². The molecule has 1 aliphatic heterocycles. The smallest absolute Gasteiger partial charge is 0.223 e. The van der Waals surface area contributed by atoms with Gasteiger partial charge in [0.05, 0.1) is 0 Å². The molecule has 0 saturated carbocycles. The first-order valence-electron chi connectivity index (χ1n) is 7.29. The van der Waals surface area contributed by atoms with E-state index in [-0.39, 0.29) is 24.5 Å². The Kier molecular flexibility index (Phi) is 10.8. The molecule has 0 aliphatic carbocycles. The minimum absolute atomic E-state index is 0. The quantitative estimate of drug-likeness (QED) is 0.735. The summed E-state index contributed by atoms with van der Waals surface area (Å²) in [7, 11) is 0. The third kappa shape index (κ3) is 6.87. The average Bonchev–Trinajstić information content (AvgIpc) is 2.38. The van der Waals surface area contributed by atoms with E-state index >= 15 is 0 Å². The summed E-state index contributed by atoms with van der Waals surface area (Å²) in [6.45, 7) is 5.13. The van der Waals surface area contributed by atoms with Crippen LogP contribution < -0.4 is 5.73 Å². The number of nitrogens with zero attached hydrogens (tertiary/aromatic N) is 1. The fourth-order valence-electron chi connectivity index (χ4n) is 2.47. The van der Waals surface area contributed by atoms with Gasteiger partial charge >= 0.3 is 0 Å². The van der Waals surface area contributed by atoms with Crippen LogP contribution in [0.25, 0.3) is 0 Å². The number of nitrogens with two attached hydrogens (primary N) is 1. The van der Waals surface area contributed by atoms with Gasteiger partial charge in [-0.2, -0.15) is 11.8 Å². The minimum atomic E-state index is 0. The second kappa shape index (κ2) is 10.8. The van der Waals surface area contributed by atoms with Gasteiger partial charge in [-0.05, 0) is 38.4 Å². The highest BCUT2D eigenvalue weighted by Gasteiger charge is 2.28. The largest absolute Gasteiger partial charge is 0.338 e. The van der Waals surface area contributed by atoms with Crippen LogP contribution in [0.2, 0.25) is 0 Å². The van der Waals surface area contributed by atoms with Crippen LogP contribution in [-0.2, 0) is 4.79 Å². The maximum atomic E-state index is 12.2. The molecule has 0 aromatic heterocycles. The number of halogens is 1. The second-order valence-electron chi connectivity index (χ2n) is 5.23. The zero-order valence-corrected chi connectivity index (χ0v) is 13.9. The van der Waals surface area contributed by atoms with Crippen molar-refractivity contribution in [3.05, 3.63) is 0 Å². The number of carbonyl (C=O) groups excluding carboxylic acids is 1. The van der Waals surface area contributed by atoms with Crippen LogP contribution in [0, 0.1) is 0 Å². The lowest BCUT2D eigenvalue weighted by atomic mass is 9.96. The molecule has 1 amide bonds. The van der Waals surface area contributed by atoms with Crippen molar-refractivity contribution in [2.45, 2.75) is 64.5 Å². The summed E-state index contributed by atoms with van der Waals surface area (Å²) >= 11 is 1.90. The second-order valence-corrected chi connectivity index (χ2v) is 6.45. The summed E-state index contributed by atoms with van der Waals surface area (Å²) in [5.74, 6) is 2.45. The van der Waals surface area contributed by atoms with Crippen LogP contribution >= 0.6 is 24.2 Å². The third-order valence-electron chi connectivity index (χ3n) is 3.58. The van der Waals surface area contributed by atoms with Gasteiger partial charge in [0, 0.05) is 30.8 Å². The van der Waals surface area contributed by atoms with E-state index in [0.717, 1.165) is 25.1 Å². The van der Waals surface area contributed by atoms with Gasteiger partial charge < -0.3 is 10.6 Å². The standard InChI is InChI=1S/C14H28N2OS.ClH/c1-3-4-10-18-11-8-14(17)16-9-6-5-7-13(16)12(2)15;/h12-13H,3-11,15H2,1-2H3;1H. The van der Waals surface area contributed by atoms with Crippen LogP contribution in [0.15, 0.2) is 0 Å². The molecule has 1 saturated heterocycles. The number of likely N-dealkylation sites (tertiary alicyclic amines) is 1. The van der Waals surface area contributed by atoms with E-state index in [4.69, 9.17) is 5.73 Å². The van der Waals surface area contributed by atoms with Gasteiger partial charge in [0.25, 0.3) is 0 Å². The number of unbranched alkanes of at least 4 members (excludes halogenated alkanes) is 1. The Morgan fingerprint density at radius 2 is 2.16 bits per heavy atom. The van der Waals surface area contributed by atoms with Crippen molar-refractivity contribution in [1.29, 1.82) is 0 Å². The first kappa shape index (κ1) is 19.1. The predicted molar refractivity (Wildman–Crippen MR) is 87.1 cm³/mol. The minimum Gasteiger partial charge on any atom is -0.338 e. The Morgan fingerprint density at radius 3 is 2.79 bits per heavy atom. The Bertz CT molecular complexity index is 252. The highest BCUT2D eigenvalue weighted by molar-refractivity contribution is 7.99. The van der Waals surface area contributed by atoms with Crippen molar-refractivity contribution in [3.8, 4) is 0 Å². The van der Waals surface area contributed by atoms with E-state index in [2.05, 4.69) is 6.92 Å². The third-order valence-corrected chi connectivity index (χ3v) is 4.65. The zero-order valence-electron chi connectivity index (χ0n) is 12.3. The van der Waals surface area contributed by atoms with Gasteiger partial charge in [0.1, 0.15) is 0 Å². The van der Waals surface area contributed by atoms with Crippen molar-refractivity contribution in [3.63, 3.8) is 0 Å². The van der Waals surface area contributed by atoms with E-state index in [0.29, 0.717) is 12.3 Å². The highest BCUT2D eigenvalue weighted by Crippen LogP contribution is 2.20. The van der Waals surface area contributed by atoms with Gasteiger partial charge in [0.2, 0.25) is 5.91 Å². The van der Waals surface area contributed by atoms with Crippen molar-refractivity contribution < 1.29 is 4.79 Å². The van der Waals surface area contributed by atoms with Crippen LogP contribution in [0.3, 0.4) is 0 Å². The van der Waals surface area contributed by atoms with Crippen LogP contribution in [-0.4, -0.2) is 40.9 Å². The fraction of sp³-hybridized carbons (Fsp3) is 0.929. The SMILES string of the molecule is CCCCSCCC(=O)N1CCCCC1C(C)N.Cl. The number of hydrogen-bond donors (Lipinski definition) is 1. The summed E-state index contributed by atoms with van der Waals surface area (Å²) in [4.78, 5) is 14.2. The first-order valence-corrected chi connectivity index (χ1v) is 8.45. The molecule has 1 heterocycles. The zero-order chi connectivity index (χ0) is 13.4. The molecule has 1 aliphatic rings. The highest BCUT2D eigenvalue weighted by atomic mass is 35.5. The molecule has 0 aromatic carbocycles. The molecular formula is C14H29ClN2OS. The molecule has 2 N–H and O–H groups in total. The molecule has 19 heavy (non-hydrogen) atoms. The van der Waals surface area contributed by atoms with Crippen molar-refractivity contribution >= 4 is 30.1 Å². The molecule has 1 rings (SSSR count). The van der Waals surface area contributed by atoms with E-state index in [9.17, 15) is 4.79 Å². The van der Waals surface area contributed by atoms with Crippen molar-refractivity contribution in [1.82, 2.24) is 4.90 Å². The normalized spacial score (nSPS) is 20.8.